The van der Waals surface area contributed by atoms with Crippen molar-refractivity contribution < 1.29 is 23.9 Å². The van der Waals surface area contributed by atoms with Gasteiger partial charge in [0.25, 0.3) is 8.32 Å². The number of benzene rings is 2. The molecule has 0 saturated carbocycles. The number of amides is 1. The molecule has 1 heterocycles. The molecular formula is C30H41NO5Si. The minimum Gasteiger partial charge on any atom is -0.480 e. The molecule has 0 aliphatic carbocycles. The summed E-state index contributed by atoms with van der Waals surface area (Å²) < 4.78 is 12.4. The van der Waals surface area contributed by atoms with Crippen molar-refractivity contribution in [1.82, 2.24) is 4.90 Å². The molecule has 0 spiro atoms. The van der Waals surface area contributed by atoms with Crippen molar-refractivity contribution in [2.45, 2.75) is 71.1 Å². The molecule has 37 heavy (non-hydrogen) atoms. The second kappa shape index (κ2) is 11.7. The zero-order chi connectivity index (χ0) is 27.3. The highest BCUT2D eigenvalue weighted by Gasteiger charge is 2.50. The van der Waals surface area contributed by atoms with E-state index in [0.717, 1.165) is 0 Å². The first-order chi connectivity index (χ1) is 17.4. The molecule has 0 radical (unpaired) electrons. The number of carboxylic acids is 1. The molecule has 6 nitrogen and oxygen atoms in total. The molecule has 0 saturated heterocycles. The largest absolute Gasteiger partial charge is 0.480 e. The van der Waals surface area contributed by atoms with Crippen molar-refractivity contribution >= 4 is 30.8 Å². The first kappa shape index (κ1) is 28.7. The molecule has 2 aromatic rings. The van der Waals surface area contributed by atoms with E-state index in [1.807, 2.05) is 24.3 Å². The molecule has 2 atom stereocenters. The SMILES string of the molecule is CC(C)(C)OC(=O)N1CC=C[C@H](CCCO[Si](c2ccccc2)(c2ccccc2)C(C)(C)C)[C@@H]1C(=O)O. The van der Waals surface area contributed by atoms with Gasteiger partial charge in [-0.15, -0.1) is 0 Å². The van der Waals surface area contributed by atoms with Crippen molar-refractivity contribution in [2.24, 2.45) is 5.92 Å². The van der Waals surface area contributed by atoms with Gasteiger partial charge in [0.1, 0.15) is 11.6 Å². The molecule has 7 heteroatoms. The summed E-state index contributed by atoms with van der Waals surface area (Å²) in [5.74, 6) is -1.34. The van der Waals surface area contributed by atoms with Gasteiger partial charge in [0, 0.05) is 19.1 Å². The zero-order valence-electron chi connectivity index (χ0n) is 22.9. The van der Waals surface area contributed by atoms with Gasteiger partial charge in [-0.25, -0.2) is 9.59 Å². The molecule has 1 aliphatic heterocycles. The molecule has 0 aromatic heterocycles. The number of ether oxygens (including phenoxy) is 1. The van der Waals surface area contributed by atoms with Crippen LogP contribution in [-0.4, -0.2) is 55.2 Å². The lowest BCUT2D eigenvalue weighted by atomic mass is 9.90. The van der Waals surface area contributed by atoms with Crippen LogP contribution in [0.1, 0.15) is 54.4 Å². The van der Waals surface area contributed by atoms with Crippen LogP contribution >= 0.6 is 0 Å². The maximum absolute atomic E-state index is 12.7. The fourth-order valence-electron chi connectivity index (χ4n) is 5.18. The van der Waals surface area contributed by atoms with Crippen molar-refractivity contribution in [3.05, 3.63) is 72.8 Å². The predicted octanol–water partition coefficient (Wildman–Crippen LogP) is 5.22. The third kappa shape index (κ3) is 6.70. The summed E-state index contributed by atoms with van der Waals surface area (Å²) in [6.45, 7) is 12.8. The lowest BCUT2D eigenvalue weighted by molar-refractivity contribution is -0.144. The van der Waals surface area contributed by atoms with Crippen LogP contribution in [0.25, 0.3) is 0 Å². The number of carboxylic acid groups (broad SMARTS) is 1. The minimum absolute atomic E-state index is 0.127. The Kier molecular flexibility index (Phi) is 9.03. The summed E-state index contributed by atoms with van der Waals surface area (Å²) >= 11 is 0. The van der Waals surface area contributed by atoms with Gasteiger partial charge < -0.3 is 14.3 Å². The quantitative estimate of drug-likeness (QED) is 0.292. The standard InChI is InChI=1S/C30H41NO5Si/c1-29(2,3)36-28(34)31-21-13-15-23(26(31)27(32)33)16-14-22-35-37(30(4,5)6,24-17-9-7-10-18-24)25-19-11-8-12-20-25/h7-13,15,17-20,23,26H,14,16,21-22H2,1-6H3,(H,32,33)/t23-,26-/m1/s1. The van der Waals surface area contributed by atoms with Crippen LogP contribution in [0.2, 0.25) is 5.04 Å². The van der Waals surface area contributed by atoms with Gasteiger partial charge in [-0.05, 0) is 49.0 Å². The van der Waals surface area contributed by atoms with Crippen LogP contribution in [0.15, 0.2) is 72.8 Å². The molecule has 0 bridgehead atoms. The van der Waals surface area contributed by atoms with Crippen molar-refractivity contribution in [1.29, 1.82) is 0 Å². The Morgan fingerprint density at radius 1 is 0.946 bits per heavy atom. The van der Waals surface area contributed by atoms with Gasteiger partial charge in [0.2, 0.25) is 0 Å². The summed E-state index contributed by atoms with van der Waals surface area (Å²) in [7, 11) is -2.65. The first-order valence-electron chi connectivity index (χ1n) is 13.0. The van der Waals surface area contributed by atoms with Crippen LogP contribution < -0.4 is 10.4 Å². The third-order valence-electron chi connectivity index (χ3n) is 6.72. The van der Waals surface area contributed by atoms with Crippen molar-refractivity contribution in [2.75, 3.05) is 13.2 Å². The van der Waals surface area contributed by atoms with E-state index in [1.165, 1.54) is 15.3 Å². The second-order valence-electron chi connectivity index (χ2n) is 11.7. The van der Waals surface area contributed by atoms with Crippen LogP contribution in [0, 0.1) is 5.92 Å². The molecule has 1 aliphatic rings. The van der Waals surface area contributed by atoms with Gasteiger partial charge in [-0.3, -0.25) is 4.90 Å². The maximum atomic E-state index is 12.7. The van der Waals surface area contributed by atoms with Gasteiger partial charge >= 0.3 is 12.1 Å². The molecule has 1 amide bonds. The van der Waals surface area contributed by atoms with Crippen molar-refractivity contribution in [3.8, 4) is 0 Å². The second-order valence-corrected chi connectivity index (χ2v) is 16.0. The van der Waals surface area contributed by atoms with Gasteiger partial charge in [-0.1, -0.05) is 93.6 Å². The molecular weight excluding hydrogens is 482 g/mol. The van der Waals surface area contributed by atoms with Crippen LogP contribution in [0.3, 0.4) is 0 Å². The van der Waals surface area contributed by atoms with E-state index in [0.29, 0.717) is 19.4 Å². The maximum Gasteiger partial charge on any atom is 0.411 e. The average Bonchev–Trinajstić information content (AvgIpc) is 2.83. The number of rotatable bonds is 8. The van der Waals surface area contributed by atoms with Gasteiger partial charge in [-0.2, -0.15) is 0 Å². The zero-order valence-corrected chi connectivity index (χ0v) is 23.9. The number of nitrogens with zero attached hydrogens (tertiary/aromatic N) is 1. The highest BCUT2D eigenvalue weighted by atomic mass is 28.4. The predicted molar refractivity (Wildman–Crippen MR) is 150 cm³/mol. The number of hydrogen-bond acceptors (Lipinski definition) is 4. The Hall–Kier alpha value is -2.90. The average molecular weight is 524 g/mol. The van der Waals surface area contributed by atoms with Crippen molar-refractivity contribution in [3.63, 3.8) is 0 Å². The summed E-state index contributed by atoms with van der Waals surface area (Å²) in [5.41, 5.74) is -0.694. The highest BCUT2D eigenvalue weighted by molar-refractivity contribution is 6.99. The molecule has 0 fully saturated rings. The first-order valence-corrected chi connectivity index (χ1v) is 14.9. The van der Waals surface area contributed by atoms with E-state index in [1.54, 1.807) is 20.8 Å². The Morgan fingerprint density at radius 3 is 1.95 bits per heavy atom. The highest BCUT2D eigenvalue weighted by Crippen LogP contribution is 2.37. The fourth-order valence-corrected chi connectivity index (χ4v) is 9.79. The lowest BCUT2D eigenvalue weighted by Gasteiger charge is -2.43. The van der Waals surface area contributed by atoms with E-state index in [4.69, 9.17) is 9.16 Å². The Balaban J connectivity index is 1.79. The van der Waals surface area contributed by atoms with E-state index in [-0.39, 0.29) is 17.5 Å². The van der Waals surface area contributed by atoms with E-state index in [9.17, 15) is 14.7 Å². The van der Waals surface area contributed by atoms with E-state index in [2.05, 4.69) is 69.3 Å². The topological polar surface area (TPSA) is 76.1 Å². The smallest absolute Gasteiger partial charge is 0.411 e. The summed E-state index contributed by atoms with van der Waals surface area (Å²) in [6.07, 6.45) is 4.44. The summed E-state index contributed by atoms with van der Waals surface area (Å²) in [4.78, 5) is 26.3. The minimum atomic E-state index is -2.65. The van der Waals surface area contributed by atoms with E-state index >= 15 is 0 Å². The number of carbonyl (C=O) groups is 2. The van der Waals surface area contributed by atoms with Gasteiger partial charge in [0.05, 0.1) is 0 Å². The molecule has 3 rings (SSSR count). The fraction of sp³-hybridized carbons (Fsp3) is 0.467. The number of hydrogen-bond donors (Lipinski definition) is 1. The molecule has 0 unspecified atom stereocenters. The molecule has 2 aromatic carbocycles. The number of aliphatic carboxylic acids is 1. The molecule has 200 valence electrons. The van der Waals surface area contributed by atoms with Crippen LogP contribution in [0.5, 0.6) is 0 Å². The monoisotopic (exact) mass is 523 g/mol. The normalized spacial score (nSPS) is 18.5. The van der Waals surface area contributed by atoms with E-state index < -0.39 is 32.0 Å². The summed E-state index contributed by atoms with van der Waals surface area (Å²) in [6, 6.07) is 20.0. The Labute approximate surface area is 222 Å². The van der Waals surface area contributed by atoms with Gasteiger partial charge in [0.15, 0.2) is 0 Å². The summed E-state index contributed by atoms with van der Waals surface area (Å²) in [5, 5.41) is 12.3. The Morgan fingerprint density at radius 2 is 1.49 bits per heavy atom. The number of carbonyl (C=O) groups excluding carboxylic acids is 1. The Bertz CT molecular complexity index is 1030. The lowest BCUT2D eigenvalue weighted by Crippen LogP contribution is -2.66. The van der Waals surface area contributed by atoms with Crippen LogP contribution in [-0.2, 0) is 14.0 Å². The molecule has 1 N–H and O–H groups in total. The third-order valence-corrected chi connectivity index (χ3v) is 11.8. The van der Waals surface area contributed by atoms with Crippen LogP contribution in [0.4, 0.5) is 4.79 Å².